The van der Waals surface area contributed by atoms with Crippen molar-refractivity contribution in [3.8, 4) is 6.07 Å². The molecule has 0 aliphatic carbocycles. The standard InChI is InChI=1S/C4H6N2S/c1-6-3-2-4(5)7/h2H2,1H3,(H-,5,7)/p+1. The van der Waals surface area contributed by atoms with Gasteiger partial charge in [-0.3, -0.25) is 0 Å². The highest BCUT2D eigenvalue weighted by Crippen LogP contribution is 1.73. The molecule has 0 bridgehead atoms. The van der Waals surface area contributed by atoms with Gasteiger partial charge < -0.3 is 5.73 Å². The topological polar surface area (TPSA) is 30.4 Å². The van der Waals surface area contributed by atoms with Crippen LogP contribution in [0.3, 0.4) is 0 Å². The molecule has 0 aromatic carbocycles. The second-order valence-electron chi connectivity index (χ2n) is 1.02. The van der Waals surface area contributed by atoms with Crippen molar-refractivity contribution < 1.29 is 0 Å². The zero-order valence-corrected chi connectivity index (χ0v) is 4.96. The number of hydrogen-bond donors (Lipinski definition) is 1. The fraction of sp³-hybridized carbons (Fsp3) is 0.500. The van der Waals surface area contributed by atoms with E-state index in [-0.39, 0.29) is 0 Å². The van der Waals surface area contributed by atoms with Crippen molar-refractivity contribution in [2.45, 2.75) is 6.42 Å². The summed E-state index contributed by atoms with van der Waals surface area (Å²) < 4.78 is 0. The molecule has 0 amide bonds. The van der Waals surface area contributed by atoms with E-state index in [1.54, 1.807) is 7.05 Å². The molecular weight excluding hydrogens is 108 g/mol. The Labute approximate surface area is 48.1 Å². The van der Waals surface area contributed by atoms with Crippen molar-refractivity contribution in [3.63, 3.8) is 0 Å². The maximum absolute atomic E-state index is 5.09. The van der Waals surface area contributed by atoms with Crippen LogP contribution in [-0.2, 0) is 0 Å². The van der Waals surface area contributed by atoms with E-state index in [1.165, 1.54) is 0 Å². The Morgan fingerprint density at radius 1 is 2.00 bits per heavy atom. The van der Waals surface area contributed by atoms with E-state index in [4.69, 9.17) is 5.73 Å². The Balaban J connectivity index is 3.26. The van der Waals surface area contributed by atoms with Crippen molar-refractivity contribution in [2.24, 2.45) is 5.73 Å². The largest absolute Gasteiger partial charge is 0.392 e. The van der Waals surface area contributed by atoms with E-state index < -0.39 is 0 Å². The van der Waals surface area contributed by atoms with Gasteiger partial charge in [-0.05, 0) is 0 Å². The molecule has 0 fully saturated rings. The minimum Gasteiger partial charge on any atom is -0.392 e. The van der Waals surface area contributed by atoms with Crippen molar-refractivity contribution in [1.82, 2.24) is 0 Å². The molecule has 0 aliphatic rings. The fourth-order valence-electron chi connectivity index (χ4n) is 0.157. The molecule has 0 aromatic heterocycles. The summed E-state index contributed by atoms with van der Waals surface area (Å²) in [6, 6.07) is 2.61. The third kappa shape index (κ3) is 5.38. The van der Waals surface area contributed by atoms with Crippen LogP contribution in [0, 0.1) is 6.07 Å². The molecule has 0 unspecified atom stereocenters. The lowest BCUT2D eigenvalue weighted by Gasteiger charge is -1.73. The van der Waals surface area contributed by atoms with Crippen molar-refractivity contribution in [3.05, 3.63) is 4.85 Å². The van der Waals surface area contributed by atoms with Gasteiger partial charge in [0.05, 0.1) is 4.99 Å². The maximum atomic E-state index is 5.09. The van der Waals surface area contributed by atoms with E-state index in [0.717, 1.165) is 0 Å². The summed E-state index contributed by atoms with van der Waals surface area (Å²) in [6.45, 7) is 0. The zero-order chi connectivity index (χ0) is 5.70. The van der Waals surface area contributed by atoms with Gasteiger partial charge in [0.15, 0.2) is 0 Å². The molecule has 38 valence electrons. The molecule has 3 heteroatoms. The van der Waals surface area contributed by atoms with E-state index in [9.17, 15) is 0 Å². The second-order valence-corrected chi connectivity index (χ2v) is 1.55. The summed E-state index contributed by atoms with van der Waals surface area (Å²) in [5, 5.41) is 0. The average Bonchev–Trinajstić information content (AvgIpc) is 1.61. The Morgan fingerprint density at radius 2 is 2.57 bits per heavy atom. The Morgan fingerprint density at radius 3 is 2.71 bits per heavy atom. The third-order valence-electron chi connectivity index (χ3n) is 0.411. The highest BCUT2D eigenvalue weighted by Gasteiger charge is 1.85. The van der Waals surface area contributed by atoms with Crippen LogP contribution in [-0.4, -0.2) is 12.0 Å². The van der Waals surface area contributed by atoms with Gasteiger partial charge in [0.2, 0.25) is 0 Å². The fourth-order valence-corrected chi connectivity index (χ4v) is 0.222. The maximum Gasteiger partial charge on any atom is 0.279 e. The van der Waals surface area contributed by atoms with Gasteiger partial charge in [0, 0.05) is 0 Å². The molecule has 0 spiro atoms. The monoisotopic (exact) mass is 115 g/mol. The van der Waals surface area contributed by atoms with Gasteiger partial charge in [0.25, 0.3) is 13.1 Å². The predicted octanol–water partition coefficient (Wildman–Crippen LogP) is 0.625. The predicted molar refractivity (Wildman–Crippen MR) is 34.6 cm³/mol. The molecule has 0 aromatic rings. The van der Waals surface area contributed by atoms with Crippen LogP contribution in [0.5, 0.6) is 0 Å². The summed E-state index contributed by atoms with van der Waals surface area (Å²) in [5.74, 6) is 0. The number of rotatable bonds is 1. The lowest BCUT2D eigenvalue weighted by Crippen LogP contribution is -2.04. The first-order valence-electron chi connectivity index (χ1n) is 1.87. The normalized spacial score (nSPS) is 6.43. The number of thiocarbonyl (C=S) groups is 1. The highest BCUT2D eigenvalue weighted by molar-refractivity contribution is 7.80. The summed E-state index contributed by atoms with van der Waals surface area (Å²) in [5.41, 5.74) is 5.09. The molecular formula is C4H7N2S+. The van der Waals surface area contributed by atoms with Crippen LogP contribution in [0.4, 0.5) is 0 Å². The highest BCUT2D eigenvalue weighted by atomic mass is 32.1. The first-order chi connectivity index (χ1) is 3.27. The van der Waals surface area contributed by atoms with Gasteiger partial charge in [-0.1, -0.05) is 17.1 Å². The SMILES string of the molecule is C[N+]#CCC(N)=S. The summed E-state index contributed by atoms with van der Waals surface area (Å²) in [6.07, 6.45) is 0.492. The van der Waals surface area contributed by atoms with Crippen LogP contribution >= 0.6 is 12.2 Å². The molecule has 0 atom stereocenters. The minimum atomic E-state index is 0.436. The van der Waals surface area contributed by atoms with Crippen LogP contribution in [0.1, 0.15) is 6.42 Å². The second kappa shape index (κ2) is 3.57. The molecule has 0 saturated carbocycles. The van der Waals surface area contributed by atoms with Crippen LogP contribution < -0.4 is 5.73 Å². The van der Waals surface area contributed by atoms with Crippen LogP contribution in [0.2, 0.25) is 0 Å². The van der Waals surface area contributed by atoms with Crippen molar-refractivity contribution in [1.29, 1.82) is 0 Å². The summed E-state index contributed by atoms with van der Waals surface area (Å²) >= 11 is 4.52. The third-order valence-corrected chi connectivity index (χ3v) is 0.556. The van der Waals surface area contributed by atoms with E-state index in [2.05, 4.69) is 23.1 Å². The molecule has 0 saturated heterocycles. The minimum absolute atomic E-state index is 0.436. The quantitative estimate of drug-likeness (QED) is 0.508. The first-order valence-corrected chi connectivity index (χ1v) is 2.28. The summed E-state index contributed by atoms with van der Waals surface area (Å²) in [7, 11) is 1.64. The lowest BCUT2D eigenvalue weighted by atomic mass is 10.5. The zero-order valence-electron chi connectivity index (χ0n) is 4.14. The Hall–Kier alpha value is -0.620. The smallest absolute Gasteiger partial charge is 0.279 e. The lowest BCUT2D eigenvalue weighted by molar-refractivity contribution is 1.52. The molecule has 2 N–H and O–H groups in total. The average molecular weight is 115 g/mol. The van der Waals surface area contributed by atoms with Gasteiger partial charge >= 0.3 is 0 Å². The molecule has 0 radical (unpaired) electrons. The molecule has 2 nitrogen and oxygen atoms in total. The summed E-state index contributed by atoms with van der Waals surface area (Å²) in [4.78, 5) is 3.99. The molecule has 0 heterocycles. The van der Waals surface area contributed by atoms with Crippen molar-refractivity contribution >= 4 is 17.2 Å². The Bertz CT molecular complexity index is 119. The van der Waals surface area contributed by atoms with E-state index in [1.807, 2.05) is 0 Å². The van der Waals surface area contributed by atoms with Crippen LogP contribution in [0.15, 0.2) is 0 Å². The number of nitrogens with two attached hydrogens (primary N) is 1. The van der Waals surface area contributed by atoms with Gasteiger partial charge in [-0.15, -0.1) is 0 Å². The Kier molecular flexibility index (Phi) is 3.25. The molecule has 7 heavy (non-hydrogen) atoms. The first kappa shape index (κ1) is 6.38. The van der Waals surface area contributed by atoms with E-state index >= 15 is 0 Å². The van der Waals surface area contributed by atoms with E-state index in [0.29, 0.717) is 11.4 Å². The van der Waals surface area contributed by atoms with Crippen molar-refractivity contribution in [2.75, 3.05) is 7.05 Å². The van der Waals surface area contributed by atoms with Gasteiger partial charge in [-0.25, -0.2) is 0 Å². The molecule has 0 aliphatic heterocycles. The van der Waals surface area contributed by atoms with Gasteiger partial charge in [0.1, 0.15) is 6.42 Å². The number of hydrogen-bond acceptors (Lipinski definition) is 1. The number of nitrogens with zero attached hydrogens (tertiary/aromatic N) is 1. The van der Waals surface area contributed by atoms with Crippen LogP contribution in [0.25, 0.3) is 4.85 Å². The molecule has 0 rings (SSSR count). The van der Waals surface area contributed by atoms with Gasteiger partial charge in [-0.2, -0.15) is 0 Å².